The lowest BCUT2D eigenvalue weighted by molar-refractivity contribution is -0.145. The summed E-state index contributed by atoms with van der Waals surface area (Å²) in [5.74, 6) is 0.739. The van der Waals surface area contributed by atoms with Crippen molar-refractivity contribution >= 4 is 23.4 Å². The molecule has 0 atom stereocenters. The van der Waals surface area contributed by atoms with Crippen LogP contribution in [-0.2, 0) is 11.2 Å². The van der Waals surface area contributed by atoms with Crippen LogP contribution in [0.4, 0.5) is 4.39 Å². The van der Waals surface area contributed by atoms with Gasteiger partial charge in [-0.25, -0.2) is 4.39 Å². The van der Waals surface area contributed by atoms with Gasteiger partial charge in [0, 0.05) is 47.7 Å². The average molecular weight is 523 g/mol. The lowest BCUT2D eigenvalue weighted by Crippen LogP contribution is -2.62. The summed E-state index contributed by atoms with van der Waals surface area (Å²) in [7, 11) is 1.38. The molecule has 0 saturated carbocycles. The van der Waals surface area contributed by atoms with Crippen molar-refractivity contribution in [3.63, 3.8) is 0 Å². The zero-order chi connectivity index (χ0) is 26.0. The van der Waals surface area contributed by atoms with Gasteiger partial charge in [0.05, 0.1) is 13.5 Å². The number of ether oxygens (including phenoxy) is 2. The molecule has 2 amide bonds. The molecule has 2 heterocycles. The van der Waals surface area contributed by atoms with E-state index in [4.69, 9.17) is 21.1 Å². The van der Waals surface area contributed by atoms with Crippen molar-refractivity contribution in [2.24, 2.45) is 5.41 Å². The van der Waals surface area contributed by atoms with Crippen molar-refractivity contribution in [2.75, 3.05) is 33.3 Å². The second kappa shape index (κ2) is 10.4. The van der Waals surface area contributed by atoms with E-state index in [1.807, 2.05) is 35.2 Å². The first-order valence-electron chi connectivity index (χ1n) is 12.3. The Morgan fingerprint density at radius 3 is 2.22 bits per heavy atom. The first kappa shape index (κ1) is 25.1. The van der Waals surface area contributed by atoms with Crippen molar-refractivity contribution in [3.05, 3.63) is 88.7 Å². The molecule has 2 aliphatic heterocycles. The Balaban J connectivity index is 1.12. The minimum absolute atomic E-state index is 0.00323. The highest BCUT2D eigenvalue weighted by Crippen LogP contribution is 2.41. The summed E-state index contributed by atoms with van der Waals surface area (Å²) in [6, 6.07) is 19.7. The van der Waals surface area contributed by atoms with Crippen molar-refractivity contribution in [1.29, 1.82) is 0 Å². The van der Waals surface area contributed by atoms with Crippen molar-refractivity contribution in [3.8, 4) is 17.2 Å². The van der Waals surface area contributed by atoms with Gasteiger partial charge in [-0.1, -0.05) is 29.8 Å². The summed E-state index contributed by atoms with van der Waals surface area (Å²) in [5, 5.41) is 0.216. The van der Waals surface area contributed by atoms with Crippen LogP contribution in [-0.4, -0.2) is 54.9 Å². The van der Waals surface area contributed by atoms with Gasteiger partial charge in [0.25, 0.3) is 5.91 Å². The van der Waals surface area contributed by atoms with E-state index in [0.29, 0.717) is 37.5 Å². The van der Waals surface area contributed by atoms with E-state index in [1.54, 1.807) is 35.2 Å². The highest BCUT2D eigenvalue weighted by Gasteiger charge is 2.47. The van der Waals surface area contributed by atoms with Crippen LogP contribution in [0.25, 0.3) is 0 Å². The maximum atomic E-state index is 14.6. The predicted molar refractivity (Wildman–Crippen MR) is 139 cm³/mol. The Morgan fingerprint density at radius 1 is 0.919 bits per heavy atom. The molecule has 5 rings (SSSR count). The minimum Gasteiger partial charge on any atom is -0.494 e. The lowest BCUT2D eigenvalue weighted by Gasteiger charge is -2.54. The quantitative estimate of drug-likeness (QED) is 0.423. The molecule has 37 heavy (non-hydrogen) atoms. The largest absolute Gasteiger partial charge is 0.494 e. The molecule has 2 fully saturated rings. The molecule has 8 heteroatoms. The number of carbonyl (C=O) groups is 2. The van der Waals surface area contributed by atoms with Crippen molar-refractivity contribution in [1.82, 2.24) is 9.80 Å². The number of carbonyl (C=O) groups excluding carboxylic acids is 2. The van der Waals surface area contributed by atoms with E-state index in [9.17, 15) is 14.0 Å². The summed E-state index contributed by atoms with van der Waals surface area (Å²) >= 11 is 6.14. The number of hydrogen-bond acceptors (Lipinski definition) is 4. The molecule has 1 spiro atoms. The number of hydrogen-bond donors (Lipinski definition) is 0. The molecule has 0 aromatic heterocycles. The van der Waals surface area contributed by atoms with E-state index in [2.05, 4.69) is 0 Å². The maximum absolute atomic E-state index is 14.6. The van der Waals surface area contributed by atoms with Gasteiger partial charge in [-0.2, -0.15) is 0 Å². The highest BCUT2D eigenvalue weighted by atomic mass is 35.5. The normalized spacial score (nSPS) is 16.3. The monoisotopic (exact) mass is 522 g/mol. The number of halogens is 2. The first-order valence-corrected chi connectivity index (χ1v) is 12.7. The number of methoxy groups -OCH3 is 1. The van der Waals surface area contributed by atoms with Crippen LogP contribution >= 0.6 is 11.6 Å². The fourth-order valence-electron chi connectivity index (χ4n) is 5.07. The number of para-hydroxylation sites is 1. The second-order valence-corrected chi connectivity index (χ2v) is 10.1. The van der Waals surface area contributed by atoms with Crippen LogP contribution in [0.15, 0.2) is 66.7 Å². The lowest BCUT2D eigenvalue weighted by atomic mass is 9.71. The SMILES string of the molecule is COc1ccc(Cl)c(CC(=O)N2CC3(CCN(C(=O)c4ccc(Oc5ccccc5)cc4)CC3)C2)c1F. The fourth-order valence-corrected chi connectivity index (χ4v) is 5.28. The van der Waals surface area contributed by atoms with Crippen LogP contribution in [0.1, 0.15) is 28.8 Å². The predicted octanol–water partition coefficient (Wildman–Crippen LogP) is 5.59. The van der Waals surface area contributed by atoms with Crippen molar-refractivity contribution in [2.45, 2.75) is 19.3 Å². The van der Waals surface area contributed by atoms with Crippen LogP contribution < -0.4 is 9.47 Å². The molecule has 0 aliphatic carbocycles. The topological polar surface area (TPSA) is 59.1 Å². The van der Waals surface area contributed by atoms with Gasteiger partial charge in [-0.15, -0.1) is 0 Å². The number of nitrogens with zero attached hydrogens (tertiary/aromatic N) is 2. The second-order valence-electron chi connectivity index (χ2n) is 9.70. The van der Waals surface area contributed by atoms with Gasteiger partial charge in [0.2, 0.25) is 5.91 Å². The molecule has 0 radical (unpaired) electrons. The van der Waals surface area contributed by atoms with E-state index < -0.39 is 5.82 Å². The molecule has 3 aromatic carbocycles. The van der Waals surface area contributed by atoms with Crippen LogP contribution in [0.5, 0.6) is 17.2 Å². The van der Waals surface area contributed by atoms with E-state index >= 15 is 0 Å². The zero-order valence-electron chi connectivity index (χ0n) is 20.6. The highest BCUT2D eigenvalue weighted by molar-refractivity contribution is 6.31. The van der Waals surface area contributed by atoms with Gasteiger partial charge < -0.3 is 19.3 Å². The van der Waals surface area contributed by atoms with E-state index in [0.717, 1.165) is 18.6 Å². The zero-order valence-corrected chi connectivity index (χ0v) is 21.3. The smallest absolute Gasteiger partial charge is 0.253 e. The summed E-state index contributed by atoms with van der Waals surface area (Å²) in [5.41, 5.74) is 0.794. The molecular formula is C29H28ClFN2O4. The van der Waals surface area contributed by atoms with Gasteiger partial charge in [-0.05, 0) is 61.4 Å². The molecule has 0 unspecified atom stereocenters. The molecule has 6 nitrogen and oxygen atoms in total. The molecule has 2 saturated heterocycles. The number of piperidine rings is 1. The Morgan fingerprint density at radius 2 is 1.57 bits per heavy atom. The maximum Gasteiger partial charge on any atom is 0.253 e. The molecule has 3 aromatic rings. The Kier molecular flexibility index (Phi) is 7.07. The number of benzene rings is 3. The minimum atomic E-state index is -0.593. The number of rotatable bonds is 6. The third-order valence-electron chi connectivity index (χ3n) is 7.30. The summed E-state index contributed by atoms with van der Waals surface area (Å²) in [6.07, 6.45) is 1.55. The average Bonchev–Trinajstić information content (AvgIpc) is 2.90. The third-order valence-corrected chi connectivity index (χ3v) is 7.65. The van der Waals surface area contributed by atoms with Crippen LogP contribution in [0, 0.1) is 11.2 Å². The molecule has 2 aliphatic rings. The molecular weight excluding hydrogens is 495 g/mol. The molecule has 192 valence electrons. The van der Waals surface area contributed by atoms with Gasteiger partial charge in [0.1, 0.15) is 11.5 Å². The van der Waals surface area contributed by atoms with Gasteiger partial charge in [0.15, 0.2) is 11.6 Å². The first-order chi connectivity index (χ1) is 17.9. The van der Waals surface area contributed by atoms with E-state index in [-0.39, 0.29) is 40.0 Å². The van der Waals surface area contributed by atoms with Crippen LogP contribution in [0.3, 0.4) is 0 Å². The molecule has 0 bridgehead atoms. The van der Waals surface area contributed by atoms with Gasteiger partial charge >= 0.3 is 0 Å². The van der Waals surface area contributed by atoms with E-state index in [1.165, 1.54) is 13.2 Å². The van der Waals surface area contributed by atoms with Gasteiger partial charge in [-0.3, -0.25) is 9.59 Å². The Hall–Kier alpha value is -3.58. The summed E-state index contributed by atoms with van der Waals surface area (Å²) in [6.45, 7) is 2.50. The number of amides is 2. The number of likely N-dealkylation sites (tertiary alicyclic amines) is 2. The molecule has 0 N–H and O–H groups in total. The third kappa shape index (κ3) is 5.27. The Labute approximate surface area is 220 Å². The summed E-state index contributed by atoms with van der Waals surface area (Å²) < 4.78 is 25.4. The Bertz CT molecular complexity index is 1280. The summed E-state index contributed by atoms with van der Waals surface area (Å²) in [4.78, 5) is 29.5. The standard InChI is InChI=1S/C29H28ClFN2O4/c1-36-25-12-11-24(30)23(27(25)31)17-26(34)33-18-29(19-33)13-15-32(16-14-29)28(35)20-7-9-22(10-8-20)37-21-5-3-2-4-6-21/h2-12H,13-19H2,1H3. The van der Waals surface area contributed by atoms with Crippen molar-refractivity contribution < 1.29 is 23.5 Å². The van der Waals surface area contributed by atoms with Crippen LogP contribution in [0.2, 0.25) is 5.02 Å². The fraction of sp³-hybridized carbons (Fsp3) is 0.310.